The largest absolute Gasteiger partial charge is 0.345 e. The van der Waals surface area contributed by atoms with E-state index in [1.807, 2.05) is 29.8 Å². The maximum absolute atomic E-state index is 12.6. The lowest BCUT2D eigenvalue weighted by molar-refractivity contribution is 0.0944. The number of hydrogen-bond acceptors (Lipinski definition) is 3. The molecule has 2 heterocycles. The molecular weight excluding hydrogens is 330 g/mol. The molecule has 0 fully saturated rings. The number of carbonyl (C=O) groups excluding carboxylic acids is 1. The fraction of sp³-hybridized carbons (Fsp3) is 0.300. The third-order valence-electron chi connectivity index (χ3n) is 4.76. The fourth-order valence-corrected chi connectivity index (χ4v) is 4.46. The van der Waals surface area contributed by atoms with Crippen LogP contribution in [0.1, 0.15) is 51.5 Å². The van der Waals surface area contributed by atoms with Crippen molar-refractivity contribution in [3.8, 4) is 5.69 Å². The van der Waals surface area contributed by atoms with E-state index in [0.29, 0.717) is 0 Å². The molecule has 2 aromatic heterocycles. The second kappa shape index (κ2) is 6.84. The molecule has 4 rings (SSSR count). The molecule has 0 radical (unpaired) electrons. The van der Waals surface area contributed by atoms with Crippen molar-refractivity contribution in [2.45, 2.75) is 38.6 Å². The van der Waals surface area contributed by atoms with Crippen molar-refractivity contribution in [1.82, 2.24) is 14.9 Å². The predicted molar refractivity (Wildman–Crippen MR) is 100 cm³/mol. The molecule has 0 saturated carbocycles. The van der Waals surface area contributed by atoms with Gasteiger partial charge in [-0.15, -0.1) is 11.3 Å². The molecule has 5 heteroatoms. The van der Waals surface area contributed by atoms with E-state index < -0.39 is 0 Å². The van der Waals surface area contributed by atoms with Crippen LogP contribution in [0.4, 0.5) is 0 Å². The number of nitrogens with one attached hydrogen (secondary N) is 1. The summed E-state index contributed by atoms with van der Waals surface area (Å²) in [7, 11) is 0. The number of hydrogen-bond donors (Lipinski definition) is 1. The van der Waals surface area contributed by atoms with E-state index in [1.165, 1.54) is 23.3 Å². The number of thiophene rings is 1. The van der Waals surface area contributed by atoms with Crippen molar-refractivity contribution in [2.75, 3.05) is 0 Å². The Hall–Kier alpha value is -2.40. The number of fused-ring (bicyclic) bond motifs is 1. The summed E-state index contributed by atoms with van der Waals surface area (Å²) in [5.74, 6) is 0.0330. The quantitative estimate of drug-likeness (QED) is 0.761. The number of nitrogens with zero attached hydrogens (tertiary/aromatic N) is 2. The second-order valence-electron chi connectivity index (χ2n) is 6.52. The van der Waals surface area contributed by atoms with Gasteiger partial charge < -0.3 is 9.88 Å². The number of aromatic nitrogens is 2. The van der Waals surface area contributed by atoms with Gasteiger partial charge in [0.15, 0.2) is 0 Å². The Kier molecular flexibility index (Phi) is 4.40. The van der Waals surface area contributed by atoms with Crippen LogP contribution in [0.25, 0.3) is 5.69 Å². The first kappa shape index (κ1) is 16.1. The molecule has 1 aliphatic carbocycles. The van der Waals surface area contributed by atoms with Crippen LogP contribution >= 0.6 is 11.3 Å². The van der Waals surface area contributed by atoms with E-state index in [0.717, 1.165) is 29.0 Å². The van der Waals surface area contributed by atoms with Crippen LogP contribution in [-0.2, 0) is 12.8 Å². The van der Waals surface area contributed by atoms with Crippen LogP contribution in [0.3, 0.4) is 0 Å². The minimum Gasteiger partial charge on any atom is -0.345 e. The first-order valence-corrected chi connectivity index (χ1v) is 9.53. The van der Waals surface area contributed by atoms with Gasteiger partial charge in [-0.05, 0) is 61.9 Å². The number of carbonyl (C=O) groups is 1. The summed E-state index contributed by atoms with van der Waals surface area (Å²) in [5, 5.41) is 3.13. The Labute approximate surface area is 151 Å². The summed E-state index contributed by atoms with van der Waals surface area (Å²) in [6.45, 7) is 2.03. The van der Waals surface area contributed by atoms with Gasteiger partial charge >= 0.3 is 0 Å². The second-order valence-corrected chi connectivity index (χ2v) is 7.66. The molecule has 4 nitrogen and oxygen atoms in total. The maximum atomic E-state index is 12.6. The minimum absolute atomic E-state index is 0.0246. The number of benzene rings is 1. The first-order valence-electron chi connectivity index (χ1n) is 8.71. The van der Waals surface area contributed by atoms with Crippen molar-refractivity contribution < 1.29 is 4.79 Å². The molecule has 1 atom stereocenters. The predicted octanol–water partition coefficient (Wildman–Crippen LogP) is 4.30. The van der Waals surface area contributed by atoms with Crippen LogP contribution in [0.5, 0.6) is 0 Å². The van der Waals surface area contributed by atoms with E-state index in [4.69, 9.17) is 0 Å². The summed E-state index contributed by atoms with van der Waals surface area (Å²) in [6, 6.07) is 10.3. The molecule has 3 aromatic rings. The molecule has 0 spiro atoms. The zero-order valence-electron chi connectivity index (χ0n) is 14.2. The zero-order valence-corrected chi connectivity index (χ0v) is 15.1. The minimum atomic E-state index is -0.0246. The number of amides is 1. The molecule has 1 aromatic carbocycles. The molecule has 1 aliphatic rings. The number of aryl methyl sites for hydroxylation is 2. The Morgan fingerprint density at radius 1 is 1.24 bits per heavy atom. The van der Waals surface area contributed by atoms with Crippen LogP contribution in [-0.4, -0.2) is 15.5 Å². The Balaban J connectivity index is 1.45. The molecule has 25 heavy (non-hydrogen) atoms. The monoisotopic (exact) mass is 351 g/mol. The standard InChI is InChI=1S/C20H21N3OS/c1-14(15-6-8-17(9-7-15)23-11-10-21-13-23)22-20(24)19-12-16-4-2-3-5-18(16)25-19/h6-14H,2-5H2,1H3,(H,22,24)/t14-/m0/s1. The Morgan fingerprint density at radius 2 is 2.04 bits per heavy atom. The van der Waals surface area contributed by atoms with Crippen molar-refractivity contribution in [3.05, 3.63) is 69.9 Å². The average molecular weight is 351 g/mol. The zero-order chi connectivity index (χ0) is 17.2. The smallest absolute Gasteiger partial charge is 0.261 e. The fourth-order valence-electron chi connectivity index (χ4n) is 3.30. The van der Waals surface area contributed by atoms with Crippen molar-refractivity contribution in [2.24, 2.45) is 0 Å². The summed E-state index contributed by atoms with van der Waals surface area (Å²) in [5.41, 5.74) is 3.53. The van der Waals surface area contributed by atoms with Gasteiger partial charge in [-0.1, -0.05) is 12.1 Å². The SMILES string of the molecule is C[C@H](NC(=O)c1cc2c(s1)CCCC2)c1ccc(-n2ccnc2)cc1. The average Bonchev–Trinajstić information content (AvgIpc) is 3.31. The molecule has 1 N–H and O–H groups in total. The summed E-state index contributed by atoms with van der Waals surface area (Å²) < 4.78 is 1.96. The van der Waals surface area contributed by atoms with Crippen LogP contribution in [0, 0.1) is 0 Å². The van der Waals surface area contributed by atoms with E-state index in [-0.39, 0.29) is 11.9 Å². The van der Waals surface area contributed by atoms with Gasteiger partial charge in [0, 0.05) is 23.0 Å². The Morgan fingerprint density at radius 3 is 2.76 bits per heavy atom. The molecule has 128 valence electrons. The lowest BCUT2D eigenvalue weighted by atomic mass is 9.99. The highest BCUT2D eigenvalue weighted by atomic mass is 32.1. The molecule has 0 bridgehead atoms. The van der Waals surface area contributed by atoms with E-state index in [2.05, 4.69) is 28.5 Å². The highest BCUT2D eigenvalue weighted by Gasteiger charge is 2.18. The first-order chi connectivity index (χ1) is 12.2. The molecule has 0 aliphatic heterocycles. The van der Waals surface area contributed by atoms with Gasteiger partial charge in [0.25, 0.3) is 5.91 Å². The number of imidazole rings is 1. The topological polar surface area (TPSA) is 46.9 Å². The summed E-state index contributed by atoms with van der Waals surface area (Å²) in [6.07, 6.45) is 10.2. The van der Waals surface area contributed by atoms with Gasteiger partial charge in [-0.3, -0.25) is 4.79 Å². The highest BCUT2D eigenvalue weighted by Crippen LogP contribution is 2.30. The molecule has 0 unspecified atom stereocenters. The van der Waals surface area contributed by atoms with Gasteiger partial charge in [0.2, 0.25) is 0 Å². The Bertz CT molecular complexity index is 841. The molecule has 0 saturated heterocycles. The third-order valence-corrected chi connectivity index (χ3v) is 6.00. The maximum Gasteiger partial charge on any atom is 0.261 e. The van der Waals surface area contributed by atoms with E-state index in [1.54, 1.807) is 23.9 Å². The number of rotatable bonds is 4. The molecule has 1 amide bonds. The summed E-state index contributed by atoms with van der Waals surface area (Å²) in [4.78, 5) is 18.9. The molecular formula is C20H21N3OS. The lowest BCUT2D eigenvalue weighted by Crippen LogP contribution is -2.25. The van der Waals surface area contributed by atoms with Gasteiger partial charge in [0.1, 0.15) is 0 Å². The van der Waals surface area contributed by atoms with Gasteiger partial charge in [0.05, 0.1) is 17.2 Å². The van der Waals surface area contributed by atoms with Crippen LogP contribution < -0.4 is 5.32 Å². The lowest BCUT2D eigenvalue weighted by Gasteiger charge is -2.14. The summed E-state index contributed by atoms with van der Waals surface area (Å²) >= 11 is 1.66. The van der Waals surface area contributed by atoms with E-state index in [9.17, 15) is 4.79 Å². The highest BCUT2D eigenvalue weighted by molar-refractivity contribution is 7.14. The third kappa shape index (κ3) is 3.37. The normalized spacial score (nSPS) is 14.8. The van der Waals surface area contributed by atoms with Crippen LogP contribution in [0.15, 0.2) is 49.1 Å². The van der Waals surface area contributed by atoms with Crippen molar-refractivity contribution in [1.29, 1.82) is 0 Å². The van der Waals surface area contributed by atoms with E-state index >= 15 is 0 Å². The van der Waals surface area contributed by atoms with Crippen molar-refractivity contribution in [3.63, 3.8) is 0 Å². The van der Waals surface area contributed by atoms with Gasteiger partial charge in [-0.25, -0.2) is 4.98 Å². The van der Waals surface area contributed by atoms with Crippen LogP contribution in [0.2, 0.25) is 0 Å². The van der Waals surface area contributed by atoms with Crippen molar-refractivity contribution >= 4 is 17.2 Å². The van der Waals surface area contributed by atoms with Gasteiger partial charge in [-0.2, -0.15) is 0 Å².